The van der Waals surface area contributed by atoms with Gasteiger partial charge < -0.3 is 10.2 Å². The van der Waals surface area contributed by atoms with Crippen molar-refractivity contribution in [2.75, 3.05) is 19.6 Å². The van der Waals surface area contributed by atoms with Gasteiger partial charge in [0.15, 0.2) is 0 Å². The third-order valence-corrected chi connectivity index (χ3v) is 3.59. The minimum Gasteiger partial charge on any atom is -0.314 e. The lowest BCUT2D eigenvalue weighted by atomic mass is 9.85. The van der Waals surface area contributed by atoms with E-state index in [-0.39, 0.29) is 0 Å². The van der Waals surface area contributed by atoms with Crippen LogP contribution in [-0.2, 0) is 0 Å². The standard InChI is InChI=1S/C12H24N2/c1-10(2)9-13-11-7-12(8-11)14-5-3-4-6-14/h10-13H,3-9H2,1-2H3. The Hall–Kier alpha value is -0.0800. The summed E-state index contributed by atoms with van der Waals surface area (Å²) in [7, 11) is 0. The molecule has 1 saturated heterocycles. The molecule has 82 valence electrons. The van der Waals surface area contributed by atoms with Gasteiger partial charge in [0.25, 0.3) is 0 Å². The summed E-state index contributed by atoms with van der Waals surface area (Å²) >= 11 is 0. The zero-order chi connectivity index (χ0) is 9.97. The molecule has 1 aliphatic carbocycles. The highest BCUT2D eigenvalue weighted by atomic mass is 15.2. The molecule has 1 N–H and O–H groups in total. The molecule has 14 heavy (non-hydrogen) atoms. The molecule has 2 heteroatoms. The number of nitrogens with zero attached hydrogens (tertiary/aromatic N) is 1. The Morgan fingerprint density at radius 1 is 1.21 bits per heavy atom. The summed E-state index contributed by atoms with van der Waals surface area (Å²) in [5, 5.41) is 3.65. The highest BCUT2D eigenvalue weighted by Crippen LogP contribution is 2.28. The number of hydrogen-bond acceptors (Lipinski definition) is 2. The SMILES string of the molecule is CC(C)CNC1CC(N2CCCC2)C1. The Bertz CT molecular complexity index is 167. The van der Waals surface area contributed by atoms with Crippen LogP contribution in [0.2, 0.25) is 0 Å². The van der Waals surface area contributed by atoms with E-state index in [1.807, 2.05) is 0 Å². The van der Waals surface area contributed by atoms with E-state index in [9.17, 15) is 0 Å². The molecule has 0 radical (unpaired) electrons. The summed E-state index contributed by atoms with van der Waals surface area (Å²) in [6.07, 6.45) is 5.65. The second-order valence-corrected chi connectivity index (χ2v) is 5.37. The van der Waals surface area contributed by atoms with Crippen molar-refractivity contribution in [3.05, 3.63) is 0 Å². The predicted molar refractivity (Wildman–Crippen MR) is 60.5 cm³/mol. The van der Waals surface area contributed by atoms with Gasteiger partial charge in [0.05, 0.1) is 0 Å². The minimum atomic E-state index is 0.792. The van der Waals surface area contributed by atoms with Crippen molar-refractivity contribution < 1.29 is 0 Å². The van der Waals surface area contributed by atoms with E-state index in [1.54, 1.807) is 0 Å². The van der Waals surface area contributed by atoms with Gasteiger partial charge in [0, 0.05) is 12.1 Å². The fourth-order valence-corrected chi connectivity index (χ4v) is 2.56. The van der Waals surface area contributed by atoms with Crippen molar-refractivity contribution in [2.45, 2.75) is 51.6 Å². The Morgan fingerprint density at radius 2 is 1.86 bits per heavy atom. The van der Waals surface area contributed by atoms with E-state index < -0.39 is 0 Å². The summed E-state index contributed by atoms with van der Waals surface area (Å²) in [5.41, 5.74) is 0. The van der Waals surface area contributed by atoms with Gasteiger partial charge in [-0.05, 0) is 51.2 Å². The van der Waals surface area contributed by atoms with Crippen LogP contribution >= 0.6 is 0 Å². The zero-order valence-corrected chi connectivity index (χ0v) is 9.63. The average molecular weight is 196 g/mol. The quantitative estimate of drug-likeness (QED) is 0.738. The lowest BCUT2D eigenvalue weighted by molar-refractivity contribution is 0.118. The van der Waals surface area contributed by atoms with Gasteiger partial charge in [-0.3, -0.25) is 0 Å². The molecule has 0 unspecified atom stereocenters. The van der Waals surface area contributed by atoms with Crippen LogP contribution in [0, 0.1) is 5.92 Å². The number of rotatable bonds is 4. The van der Waals surface area contributed by atoms with Crippen LogP contribution in [0.4, 0.5) is 0 Å². The zero-order valence-electron chi connectivity index (χ0n) is 9.63. The number of hydrogen-bond donors (Lipinski definition) is 1. The fourth-order valence-electron chi connectivity index (χ4n) is 2.56. The van der Waals surface area contributed by atoms with Gasteiger partial charge in [-0.2, -0.15) is 0 Å². The third kappa shape index (κ3) is 2.48. The van der Waals surface area contributed by atoms with E-state index in [1.165, 1.54) is 45.3 Å². The Labute approximate surface area is 88.1 Å². The van der Waals surface area contributed by atoms with Crippen molar-refractivity contribution in [1.82, 2.24) is 10.2 Å². The van der Waals surface area contributed by atoms with Crippen LogP contribution in [0.1, 0.15) is 39.5 Å². The van der Waals surface area contributed by atoms with Crippen LogP contribution in [0.5, 0.6) is 0 Å². The molecule has 0 amide bonds. The molecule has 1 aliphatic heterocycles. The van der Waals surface area contributed by atoms with Gasteiger partial charge in [-0.15, -0.1) is 0 Å². The molecule has 1 heterocycles. The monoisotopic (exact) mass is 196 g/mol. The fraction of sp³-hybridized carbons (Fsp3) is 1.00. The van der Waals surface area contributed by atoms with Crippen LogP contribution < -0.4 is 5.32 Å². The van der Waals surface area contributed by atoms with E-state index >= 15 is 0 Å². The topological polar surface area (TPSA) is 15.3 Å². The van der Waals surface area contributed by atoms with Gasteiger partial charge in [0.1, 0.15) is 0 Å². The average Bonchev–Trinajstić information content (AvgIpc) is 2.53. The molecule has 0 atom stereocenters. The maximum absolute atomic E-state index is 3.65. The molecule has 1 saturated carbocycles. The maximum atomic E-state index is 3.65. The van der Waals surface area contributed by atoms with Crippen LogP contribution in [-0.4, -0.2) is 36.6 Å². The first-order valence-corrected chi connectivity index (χ1v) is 6.23. The number of nitrogens with one attached hydrogen (secondary N) is 1. The van der Waals surface area contributed by atoms with E-state index in [0.717, 1.165) is 18.0 Å². The predicted octanol–water partition coefficient (Wildman–Crippen LogP) is 1.86. The first kappa shape index (κ1) is 10.4. The smallest absolute Gasteiger partial charge is 0.0125 e. The van der Waals surface area contributed by atoms with Gasteiger partial charge in [-0.1, -0.05) is 13.8 Å². The molecule has 0 aromatic carbocycles. The maximum Gasteiger partial charge on any atom is 0.0125 e. The van der Waals surface area contributed by atoms with Gasteiger partial charge >= 0.3 is 0 Å². The van der Waals surface area contributed by atoms with E-state index in [2.05, 4.69) is 24.1 Å². The highest BCUT2D eigenvalue weighted by molar-refractivity contribution is 4.93. The second-order valence-electron chi connectivity index (χ2n) is 5.37. The summed E-state index contributed by atoms with van der Waals surface area (Å²) < 4.78 is 0. The van der Waals surface area contributed by atoms with Crippen molar-refractivity contribution in [3.63, 3.8) is 0 Å². The normalized spacial score (nSPS) is 33.6. The third-order valence-electron chi connectivity index (χ3n) is 3.59. The Morgan fingerprint density at radius 3 is 2.43 bits per heavy atom. The lowest BCUT2D eigenvalue weighted by Crippen LogP contribution is -2.52. The molecule has 0 aromatic heterocycles. The Balaban J connectivity index is 1.59. The summed E-state index contributed by atoms with van der Waals surface area (Å²) in [5.74, 6) is 0.792. The van der Waals surface area contributed by atoms with Crippen molar-refractivity contribution >= 4 is 0 Å². The molecule has 0 bridgehead atoms. The molecule has 2 fully saturated rings. The Kier molecular flexibility index (Phi) is 3.45. The molecular weight excluding hydrogens is 172 g/mol. The van der Waals surface area contributed by atoms with E-state index in [4.69, 9.17) is 0 Å². The lowest BCUT2D eigenvalue weighted by Gasteiger charge is -2.42. The summed E-state index contributed by atoms with van der Waals surface area (Å²) in [6.45, 7) is 8.48. The van der Waals surface area contributed by atoms with Crippen LogP contribution in [0.15, 0.2) is 0 Å². The molecule has 2 rings (SSSR count). The molecule has 2 aliphatic rings. The summed E-state index contributed by atoms with van der Waals surface area (Å²) in [6, 6.07) is 1.74. The van der Waals surface area contributed by atoms with Crippen molar-refractivity contribution in [1.29, 1.82) is 0 Å². The van der Waals surface area contributed by atoms with Gasteiger partial charge in [0.2, 0.25) is 0 Å². The minimum absolute atomic E-state index is 0.792. The van der Waals surface area contributed by atoms with Crippen LogP contribution in [0.25, 0.3) is 0 Å². The number of likely N-dealkylation sites (tertiary alicyclic amines) is 1. The molecule has 0 spiro atoms. The highest BCUT2D eigenvalue weighted by Gasteiger charge is 2.34. The van der Waals surface area contributed by atoms with Crippen LogP contribution in [0.3, 0.4) is 0 Å². The van der Waals surface area contributed by atoms with Crippen molar-refractivity contribution in [3.8, 4) is 0 Å². The first-order valence-electron chi connectivity index (χ1n) is 6.23. The molecular formula is C12H24N2. The van der Waals surface area contributed by atoms with E-state index in [0.29, 0.717) is 0 Å². The first-order chi connectivity index (χ1) is 6.75. The second kappa shape index (κ2) is 4.63. The van der Waals surface area contributed by atoms with Crippen molar-refractivity contribution in [2.24, 2.45) is 5.92 Å². The molecule has 0 aromatic rings. The van der Waals surface area contributed by atoms with Gasteiger partial charge in [-0.25, -0.2) is 0 Å². The largest absolute Gasteiger partial charge is 0.314 e. The summed E-state index contributed by atoms with van der Waals surface area (Å²) in [4.78, 5) is 2.69. The molecule has 2 nitrogen and oxygen atoms in total.